The lowest BCUT2D eigenvalue weighted by molar-refractivity contribution is 0.0960. The molecule has 4 nitrogen and oxygen atoms in total. The molecular formula is C11H15NO3. The highest BCUT2D eigenvalue weighted by atomic mass is 16.5. The molecule has 0 fully saturated rings. The number of carbonyl (C=O) groups is 1. The largest absolute Gasteiger partial charge is 0.496 e. The van der Waals surface area contributed by atoms with E-state index in [1.807, 2.05) is 6.07 Å². The van der Waals surface area contributed by atoms with Crippen molar-refractivity contribution in [2.75, 3.05) is 21.3 Å². The van der Waals surface area contributed by atoms with E-state index in [-0.39, 0.29) is 5.91 Å². The second-order valence-electron chi connectivity index (χ2n) is 3.05. The number of rotatable bonds is 4. The van der Waals surface area contributed by atoms with Gasteiger partial charge in [-0.2, -0.15) is 0 Å². The molecule has 0 atom stereocenters. The van der Waals surface area contributed by atoms with Crippen molar-refractivity contribution >= 4 is 5.91 Å². The minimum Gasteiger partial charge on any atom is -0.496 e. The lowest BCUT2D eigenvalue weighted by atomic mass is 10.1. The van der Waals surface area contributed by atoms with Gasteiger partial charge in [0.05, 0.1) is 19.3 Å². The zero-order chi connectivity index (χ0) is 11.3. The first-order chi connectivity index (χ1) is 7.22. The van der Waals surface area contributed by atoms with Crippen molar-refractivity contribution in [3.63, 3.8) is 0 Å². The first kappa shape index (κ1) is 11.5. The fraction of sp³-hybridized carbons (Fsp3) is 0.364. The summed E-state index contributed by atoms with van der Waals surface area (Å²) in [5.74, 6) is 0.403. The van der Waals surface area contributed by atoms with Crippen LogP contribution >= 0.6 is 0 Å². The maximum atomic E-state index is 11.4. The highest BCUT2D eigenvalue weighted by Gasteiger charge is 2.10. The molecule has 4 heteroatoms. The molecule has 0 spiro atoms. The predicted molar refractivity (Wildman–Crippen MR) is 57.1 cm³/mol. The highest BCUT2D eigenvalue weighted by Crippen LogP contribution is 2.20. The summed E-state index contributed by atoms with van der Waals surface area (Å²) in [5.41, 5.74) is 1.50. The van der Waals surface area contributed by atoms with Crippen molar-refractivity contribution in [1.82, 2.24) is 5.32 Å². The number of methoxy groups -OCH3 is 2. The van der Waals surface area contributed by atoms with Crippen molar-refractivity contribution in [2.24, 2.45) is 0 Å². The van der Waals surface area contributed by atoms with E-state index in [4.69, 9.17) is 9.47 Å². The van der Waals surface area contributed by atoms with E-state index in [9.17, 15) is 4.79 Å². The highest BCUT2D eigenvalue weighted by molar-refractivity contribution is 5.96. The van der Waals surface area contributed by atoms with Crippen LogP contribution in [0.3, 0.4) is 0 Å². The number of ether oxygens (including phenoxy) is 2. The third kappa shape index (κ3) is 2.70. The lowest BCUT2D eigenvalue weighted by Gasteiger charge is -2.09. The Morgan fingerprint density at radius 2 is 2.13 bits per heavy atom. The zero-order valence-corrected chi connectivity index (χ0v) is 9.16. The topological polar surface area (TPSA) is 47.6 Å². The molecular weight excluding hydrogens is 194 g/mol. The van der Waals surface area contributed by atoms with Crippen molar-refractivity contribution in [3.8, 4) is 5.75 Å². The summed E-state index contributed by atoms with van der Waals surface area (Å²) < 4.78 is 10.1. The van der Waals surface area contributed by atoms with Crippen LogP contribution in [0, 0.1) is 0 Å². The van der Waals surface area contributed by atoms with E-state index in [1.54, 1.807) is 33.4 Å². The van der Waals surface area contributed by atoms with Crippen LogP contribution < -0.4 is 10.1 Å². The summed E-state index contributed by atoms with van der Waals surface area (Å²) in [6, 6.07) is 5.37. The molecule has 0 saturated heterocycles. The molecule has 0 aromatic heterocycles. The minimum atomic E-state index is -0.157. The molecule has 0 saturated carbocycles. The number of carbonyl (C=O) groups excluding carboxylic acids is 1. The third-order valence-electron chi connectivity index (χ3n) is 2.05. The SMILES string of the molecule is CNC(=O)c1ccc(COC)cc1OC. The van der Waals surface area contributed by atoms with Crippen LogP contribution in [0.1, 0.15) is 15.9 Å². The van der Waals surface area contributed by atoms with Crippen LogP contribution in [0.5, 0.6) is 5.75 Å². The Labute approximate surface area is 89.2 Å². The number of amides is 1. The van der Waals surface area contributed by atoms with Gasteiger partial charge in [-0.05, 0) is 17.7 Å². The summed E-state index contributed by atoms with van der Waals surface area (Å²) in [6.45, 7) is 0.504. The molecule has 0 aliphatic heterocycles. The van der Waals surface area contributed by atoms with Crippen LogP contribution in [0.2, 0.25) is 0 Å². The summed E-state index contributed by atoms with van der Waals surface area (Å²) in [5, 5.41) is 2.56. The van der Waals surface area contributed by atoms with E-state index in [1.165, 1.54) is 0 Å². The molecule has 0 unspecified atom stereocenters. The molecule has 15 heavy (non-hydrogen) atoms. The van der Waals surface area contributed by atoms with Crippen LogP contribution in [0.4, 0.5) is 0 Å². The van der Waals surface area contributed by atoms with Crippen LogP contribution in [0.25, 0.3) is 0 Å². The Morgan fingerprint density at radius 1 is 1.40 bits per heavy atom. The maximum Gasteiger partial charge on any atom is 0.254 e. The first-order valence-electron chi connectivity index (χ1n) is 4.61. The van der Waals surface area contributed by atoms with Gasteiger partial charge in [-0.1, -0.05) is 6.07 Å². The molecule has 0 radical (unpaired) electrons. The van der Waals surface area contributed by atoms with Gasteiger partial charge in [0.2, 0.25) is 0 Å². The van der Waals surface area contributed by atoms with Gasteiger partial charge in [-0.3, -0.25) is 4.79 Å². The monoisotopic (exact) mass is 209 g/mol. The molecule has 0 bridgehead atoms. The number of hydrogen-bond donors (Lipinski definition) is 1. The summed E-state index contributed by atoms with van der Waals surface area (Å²) >= 11 is 0. The molecule has 1 aromatic rings. The van der Waals surface area contributed by atoms with E-state index in [0.717, 1.165) is 5.56 Å². The van der Waals surface area contributed by atoms with Gasteiger partial charge < -0.3 is 14.8 Å². The normalized spacial score (nSPS) is 9.80. The van der Waals surface area contributed by atoms with Crippen LogP contribution in [-0.4, -0.2) is 27.2 Å². The number of benzene rings is 1. The molecule has 82 valence electrons. The van der Waals surface area contributed by atoms with Crippen molar-refractivity contribution in [3.05, 3.63) is 29.3 Å². The molecule has 0 aliphatic carbocycles. The van der Waals surface area contributed by atoms with Gasteiger partial charge in [0.25, 0.3) is 5.91 Å². The molecule has 0 aliphatic rings. The molecule has 1 rings (SSSR count). The Hall–Kier alpha value is -1.55. The Kier molecular flexibility index (Phi) is 4.12. The van der Waals surface area contributed by atoms with Gasteiger partial charge in [0.1, 0.15) is 5.75 Å². The second-order valence-corrected chi connectivity index (χ2v) is 3.05. The zero-order valence-electron chi connectivity index (χ0n) is 9.16. The van der Waals surface area contributed by atoms with Gasteiger partial charge in [0, 0.05) is 14.2 Å². The summed E-state index contributed by atoms with van der Waals surface area (Å²) in [7, 11) is 4.75. The first-order valence-corrected chi connectivity index (χ1v) is 4.61. The molecule has 0 heterocycles. The lowest BCUT2D eigenvalue weighted by Crippen LogP contribution is -2.18. The van der Waals surface area contributed by atoms with E-state index in [2.05, 4.69) is 5.32 Å². The van der Waals surface area contributed by atoms with Gasteiger partial charge >= 0.3 is 0 Å². The van der Waals surface area contributed by atoms with E-state index < -0.39 is 0 Å². The van der Waals surface area contributed by atoms with Crippen LogP contribution in [0.15, 0.2) is 18.2 Å². The second kappa shape index (κ2) is 5.36. The Morgan fingerprint density at radius 3 is 2.67 bits per heavy atom. The van der Waals surface area contributed by atoms with E-state index in [0.29, 0.717) is 17.9 Å². The van der Waals surface area contributed by atoms with E-state index >= 15 is 0 Å². The van der Waals surface area contributed by atoms with Crippen molar-refractivity contribution in [2.45, 2.75) is 6.61 Å². The average molecular weight is 209 g/mol. The molecule has 1 aromatic carbocycles. The molecule has 1 amide bonds. The van der Waals surface area contributed by atoms with Gasteiger partial charge in [-0.25, -0.2) is 0 Å². The minimum absolute atomic E-state index is 0.157. The molecule has 1 N–H and O–H groups in total. The Bertz CT molecular complexity index is 350. The average Bonchev–Trinajstić information content (AvgIpc) is 2.28. The number of hydrogen-bond acceptors (Lipinski definition) is 3. The third-order valence-corrected chi connectivity index (χ3v) is 2.05. The number of nitrogens with one attached hydrogen (secondary N) is 1. The quantitative estimate of drug-likeness (QED) is 0.810. The van der Waals surface area contributed by atoms with Gasteiger partial charge in [0.15, 0.2) is 0 Å². The fourth-order valence-electron chi connectivity index (χ4n) is 1.31. The van der Waals surface area contributed by atoms with Crippen LogP contribution in [-0.2, 0) is 11.3 Å². The van der Waals surface area contributed by atoms with Gasteiger partial charge in [-0.15, -0.1) is 0 Å². The maximum absolute atomic E-state index is 11.4. The summed E-state index contributed by atoms with van der Waals surface area (Å²) in [6.07, 6.45) is 0. The Balaban J connectivity index is 3.03. The standard InChI is InChI=1S/C11H15NO3/c1-12-11(13)9-5-4-8(7-14-2)6-10(9)15-3/h4-6H,7H2,1-3H3,(H,12,13). The predicted octanol–water partition coefficient (Wildman–Crippen LogP) is 1.20. The van der Waals surface area contributed by atoms with Crippen molar-refractivity contribution < 1.29 is 14.3 Å². The fourth-order valence-corrected chi connectivity index (χ4v) is 1.31. The smallest absolute Gasteiger partial charge is 0.254 e. The van der Waals surface area contributed by atoms with Crippen molar-refractivity contribution in [1.29, 1.82) is 0 Å². The summed E-state index contributed by atoms with van der Waals surface area (Å²) in [4.78, 5) is 11.4.